The van der Waals surface area contributed by atoms with Gasteiger partial charge in [-0.2, -0.15) is 0 Å². The number of benzene rings is 1. The Labute approximate surface area is 152 Å². The highest BCUT2D eigenvalue weighted by atomic mass is 19.1. The molecular formula is C18H15F3N6. The van der Waals surface area contributed by atoms with Crippen LogP contribution in [0.4, 0.5) is 24.7 Å². The first-order valence-electron chi connectivity index (χ1n) is 8.79. The summed E-state index contributed by atoms with van der Waals surface area (Å²) in [5, 5.41) is 7.85. The van der Waals surface area contributed by atoms with Crippen LogP contribution in [0, 0.1) is 17.5 Å². The van der Waals surface area contributed by atoms with Crippen LogP contribution in [-0.4, -0.2) is 46.3 Å². The quantitative estimate of drug-likeness (QED) is 0.705. The third kappa shape index (κ3) is 2.48. The Morgan fingerprint density at radius 3 is 2.11 bits per heavy atom. The summed E-state index contributed by atoms with van der Waals surface area (Å²) in [6, 6.07) is 1.39. The van der Waals surface area contributed by atoms with Gasteiger partial charge in [-0.3, -0.25) is 0 Å². The van der Waals surface area contributed by atoms with E-state index < -0.39 is 17.5 Å². The summed E-state index contributed by atoms with van der Waals surface area (Å²) in [6.07, 6.45) is 3.22. The minimum absolute atomic E-state index is 0.284. The number of anilines is 2. The number of hydrogen-bond donors (Lipinski definition) is 0. The molecule has 2 fully saturated rings. The number of aromatic nitrogens is 4. The lowest BCUT2D eigenvalue weighted by molar-refractivity contribution is 0.547. The Bertz CT molecular complexity index is 1030. The lowest BCUT2D eigenvalue weighted by Gasteiger charge is -2.39. The molecule has 0 bridgehead atoms. The van der Waals surface area contributed by atoms with Gasteiger partial charge >= 0.3 is 0 Å². The number of nitrogens with zero attached hydrogens (tertiary/aromatic N) is 6. The molecule has 2 aliphatic heterocycles. The minimum Gasteiger partial charge on any atom is -0.369 e. The van der Waals surface area contributed by atoms with Gasteiger partial charge in [-0.1, -0.05) is 0 Å². The topological polar surface area (TPSA) is 58.0 Å². The number of hydrogen-bond acceptors (Lipinski definition) is 6. The summed E-state index contributed by atoms with van der Waals surface area (Å²) in [4.78, 5) is 12.7. The van der Waals surface area contributed by atoms with E-state index >= 15 is 0 Å². The number of fused-ring (bicyclic) bond motifs is 1. The van der Waals surface area contributed by atoms with E-state index in [2.05, 4.69) is 20.2 Å². The van der Waals surface area contributed by atoms with E-state index in [4.69, 9.17) is 0 Å². The maximum absolute atomic E-state index is 14.7. The number of halogens is 3. The second-order valence-corrected chi connectivity index (χ2v) is 6.72. The van der Waals surface area contributed by atoms with Crippen LogP contribution in [0.2, 0.25) is 0 Å². The normalized spacial score (nSPS) is 16.4. The Morgan fingerprint density at radius 2 is 1.52 bits per heavy atom. The van der Waals surface area contributed by atoms with Crippen molar-refractivity contribution < 1.29 is 13.2 Å². The second kappa shape index (κ2) is 6.04. The van der Waals surface area contributed by atoms with E-state index in [0.717, 1.165) is 39.0 Å². The molecule has 0 spiro atoms. The SMILES string of the molecule is Fc1cc(F)c(-c2c(N3CCC3)nc3nncnc3c2N2CCC2)c(F)c1. The molecule has 5 rings (SSSR count). The summed E-state index contributed by atoms with van der Waals surface area (Å²) in [5.74, 6) is -2.44. The molecule has 4 heterocycles. The van der Waals surface area contributed by atoms with Gasteiger partial charge < -0.3 is 9.80 Å². The molecule has 9 heteroatoms. The maximum Gasteiger partial charge on any atom is 0.204 e. The molecule has 0 radical (unpaired) electrons. The van der Waals surface area contributed by atoms with Gasteiger partial charge in [0.2, 0.25) is 5.65 Å². The predicted molar refractivity (Wildman–Crippen MR) is 94.1 cm³/mol. The van der Waals surface area contributed by atoms with Crippen LogP contribution in [0.3, 0.4) is 0 Å². The first-order chi connectivity index (χ1) is 13.1. The molecule has 2 aliphatic rings. The molecule has 6 nitrogen and oxygen atoms in total. The molecule has 0 unspecified atom stereocenters. The third-order valence-electron chi connectivity index (χ3n) is 5.08. The summed E-state index contributed by atoms with van der Waals surface area (Å²) < 4.78 is 43.0. The predicted octanol–water partition coefficient (Wildman–Crippen LogP) is 2.92. The Kier molecular flexibility index (Phi) is 3.63. The van der Waals surface area contributed by atoms with Crippen molar-refractivity contribution in [2.75, 3.05) is 36.0 Å². The molecule has 0 aliphatic carbocycles. The Hall–Kier alpha value is -2.97. The standard InChI is InChI=1S/C18H15F3N6/c19-10-7-11(20)13(12(21)8-10)14-16(26-3-1-4-26)15-17(25-23-9-22-15)24-18(14)27-5-2-6-27/h7-9H,1-6H2. The van der Waals surface area contributed by atoms with Crippen molar-refractivity contribution in [3.63, 3.8) is 0 Å². The lowest BCUT2D eigenvalue weighted by atomic mass is 9.98. The lowest BCUT2D eigenvalue weighted by Crippen LogP contribution is -2.40. The van der Waals surface area contributed by atoms with Crippen LogP contribution < -0.4 is 9.80 Å². The van der Waals surface area contributed by atoms with Crippen LogP contribution in [0.5, 0.6) is 0 Å². The Morgan fingerprint density at radius 1 is 0.852 bits per heavy atom. The zero-order valence-corrected chi connectivity index (χ0v) is 14.3. The molecule has 0 N–H and O–H groups in total. The van der Waals surface area contributed by atoms with Crippen molar-refractivity contribution in [3.8, 4) is 11.1 Å². The van der Waals surface area contributed by atoms with Crippen molar-refractivity contribution in [3.05, 3.63) is 35.9 Å². The first kappa shape index (κ1) is 16.2. The first-order valence-corrected chi connectivity index (χ1v) is 8.79. The fraction of sp³-hybridized carbons (Fsp3) is 0.333. The van der Waals surface area contributed by atoms with Crippen molar-refractivity contribution in [2.45, 2.75) is 12.8 Å². The third-order valence-corrected chi connectivity index (χ3v) is 5.08. The highest BCUT2D eigenvalue weighted by molar-refractivity contribution is 6.02. The van der Waals surface area contributed by atoms with Crippen LogP contribution in [0.15, 0.2) is 18.5 Å². The molecular weight excluding hydrogens is 357 g/mol. The van der Waals surface area contributed by atoms with E-state index in [0.29, 0.717) is 40.4 Å². The summed E-state index contributed by atoms with van der Waals surface area (Å²) >= 11 is 0. The van der Waals surface area contributed by atoms with Crippen molar-refractivity contribution in [2.24, 2.45) is 0 Å². The number of pyridine rings is 1. The zero-order chi connectivity index (χ0) is 18.5. The van der Waals surface area contributed by atoms with Gasteiger partial charge in [0.05, 0.1) is 16.8 Å². The fourth-order valence-corrected chi connectivity index (χ4v) is 3.51. The van der Waals surface area contributed by atoms with Crippen LogP contribution >= 0.6 is 0 Å². The highest BCUT2D eigenvalue weighted by Crippen LogP contribution is 2.45. The van der Waals surface area contributed by atoms with E-state index in [1.807, 2.05) is 9.80 Å². The van der Waals surface area contributed by atoms with Crippen LogP contribution in [0.1, 0.15) is 12.8 Å². The average Bonchev–Trinajstić information content (AvgIpc) is 2.53. The van der Waals surface area contributed by atoms with Gasteiger partial charge in [0.25, 0.3) is 0 Å². The molecule has 0 atom stereocenters. The van der Waals surface area contributed by atoms with Gasteiger partial charge in [-0.05, 0) is 12.8 Å². The monoisotopic (exact) mass is 372 g/mol. The van der Waals surface area contributed by atoms with Gasteiger partial charge in [0.15, 0.2) is 0 Å². The average molecular weight is 372 g/mol. The molecule has 2 saturated heterocycles. The molecule has 1 aromatic carbocycles. The van der Waals surface area contributed by atoms with Gasteiger partial charge in [0.1, 0.15) is 35.1 Å². The van der Waals surface area contributed by atoms with E-state index in [-0.39, 0.29) is 5.56 Å². The van der Waals surface area contributed by atoms with Gasteiger partial charge in [-0.25, -0.2) is 23.1 Å². The molecule has 0 saturated carbocycles. The minimum atomic E-state index is -0.959. The molecule has 2 aromatic heterocycles. The smallest absolute Gasteiger partial charge is 0.204 e. The Balaban J connectivity index is 1.89. The molecule has 0 amide bonds. The fourth-order valence-electron chi connectivity index (χ4n) is 3.51. The van der Waals surface area contributed by atoms with E-state index in [1.54, 1.807) is 0 Å². The maximum atomic E-state index is 14.7. The highest BCUT2D eigenvalue weighted by Gasteiger charge is 2.32. The van der Waals surface area contributed by atoms with Crippen molar-refractivity contribution >= 4 is 22.7 Å². The second-order valence-electron chi connectivity index (χ2n) is 6.72. The summed E-state index contributed by atoms with van der Waals surface area (Å²) in [5.41, 5.74) is 1.36. The largest absolute Gasteiger partial charge is 0.369 e. The van der Waals surface area contributed by atoms with Crippen LogP contribution in [0.25, 0.3) is 22.3 Å². The summed E-state index contributed by atoms with van der Waals surface area (Å²) in [6.45, 7) is 2.92. The zero-order valence-electron chi connectivity index (χ0n) is 14.3. The molecule has 27 heavy (non-hydrogen) atoms. The van der Waals surface area contributed by atoms with Crippen LogP contribution in [-0.2, 0) is 0 Å². The van der Waals surface area contributed by atoms with Gasteiger partial charge in [0, 0.05) is 38.3 Å². The molecule has 138 valence electrons. The summed E-state index contributed by atoms with van der Waals surface area (Å²) in [7, 11) is 0. The molecule has 3 aromatic rings. The van der Waals surface area contributed by atoms with Crippen molar-refractivity contribution in [1.29, 1.82) is 0 Å². The van der Waals surface area contributed by atoms with E-state index in [1.165, 1.54) is 6.33 Å². The van der Waals surface area contributed by atoms with Crippen molar-refractivity contribution in [1.82, 2.24) is 20.2 Å². The number of rotatable bonds is 3. The van der Waals surface area contributed by atoms with E-state index in [9.17, 15) is 13.2 Å². The van der Waals surface area contributed by atoms with Gasteiger partial charge in [-0.15, -0.1) is 10.2 Å².